The number of hydrogen-bond donors (Lipinski definition) is 1. The molecule has 1 fully saturated rings. The lowest BCUT2D eigenvalue weighted by atomic mass is 10.1. The van der Waals surface area contributed by atoms with Gasteiger partial charge in [-0.15, -0.1) is 0 Å². The van der Waals surface area contributed by atoms with E-state index in [-0.39, 0.29) is 12.4 Å². The molecule has 0 radical (unpaired) electrons. The van der Waals surface area contributed by atoms with Gasteiger partial charge < -0.3 is 5.11 Å². The monoisotopic (exact) mass is 315 g/mol. The highest BCUT2D eigenvalue weighted by Gasteiger charge is 2.24. The number of halogens is 2. The highest BCUT2D eigenvalue weighted by molar-refractivity contribution is 9.10. The number of benzene rings is 1. The SMILES string of the molecule is OCCCC1CCCN1Cc1cc(Br)ccc1F. The van der Waals surface area contributed by atoms with E-state index in [2.05, 4.69) is 20.8 Å². The lowest BCUT2D eigenvalue weighted by Crippen LogP contribution is -2.29. The second-order valence-electron chi connectivity index (χ2n) is 4.87. The minimum atomic E-state index is -0.133. The van der Waals surface area contributed by atoms with Crippen molar-refractivity contribution in [1.29, 1.82) is 0 Å². The lowest BCUT2D eigenvalue weighted by molar-refractivity contribution is 0.208. The van der Waals surface area contributed by atoms with Crippen LogP contribution in [0, 0.1) is 5.82 Å². The molecule has 4 heteroatoms. The van der Waals surface area contributed by atoms with Gasteiger partial charge in [-0.1, -0.05) is 15.9 Å². The molecule has 0 bridgehead atoms. The first-order valence-electron chi connectivity index (χ1n) is 6.49. The second-order valence-corrected chi connectivity index (χ2v) is 5.78. The van der Waals surface area contributed by atoms with E-state index in [0.717, 1.165) is 35.8 Å². The Morgan fingerprint density at radius 2 is 2.28 bits per heavy atom. The van der Waals surface area contributed by atoms with Gasteiger partial charge in [-0.05, 0) is 50.4 Å². The van der Waals surface area contributed by atoms with Gasteiger partial charge in [0.15, 0.2) is 0 Å². The molecule has 1 atom stereocenters. The van der Waals surface area contributed by atoms with Crippen LogP contribution < -0.4 is 0 Å². The molecule has 0 saturated carbocycles. The summed E-state index contributed by atoms with van der Waals surface area (Å²) in [5, 5.41) is 8.90. The standard InChI is InChI=1S/C14H19BrFNO/c15-12-5-6-14(16)11(9-12)10-17-7-1-3-13(17)4-2-8-18/h5-6,9,13,18H,1-4,7-8,10H2. The number of likely N-dealkylation sites (tertiary alicyclic amines) is 1. The third-order valence-corrected chi connectivity index (χ3v) is 4.07. The molecular weight excluding hydrogens is 297 g/mol. The Bertz CT molecular complexity index is 399. The van der Waals surface area contributed by atoms with Crippen LogP contribution >= 0.6 is 15.9 Å². The van der Waals surface area contributed by atoms with E-state index in [1.807, 2.05) is 6.07 Å². The molecule has 1 heterocycles. The summed E-state index contributed by atoms with van der Waals surface area (Å²) >= 11 is 3.38. The van der Waals surface area contributed by atoms with Gasteiger partial charge in [-0.3, -0.25) is 4.90 Å². The third-order valence-electron chi connectivity index (χ3n) is 3.58. The third kappa shape index (κ3) is 3.53. The summed E-state index contributed by atoms with van der Waals surface area (Å²) in [6.07, 6.45) is 4.18. The topological polar surface area (TPSA) is 23.5 Å². The van der Waals surface area contributed by atoms with Gasteiger partial charge in [0.25, 0.3) is 0 Å². The number of rotatable bonds is 5. The first kappa shape index (κ1) is 14.0. The molecule has 1 aromatic carbocycles. The number of hydrogen-bond acceptors (Lipinski definition) is 2. The minimum Gasteiger partial charge on any atom is -0.396 e. The smallest absolute Gasteiger partial charge is 0.127 e. The summed E-state index contributed by atoms with van der Waals surface area (Å²) in [5.74, 6) is -0.133. The highest BCUT2D eigenvalue weighted by Crippen LogP contribution is 2.25. The van der Waals surface area contributed by atoms with E-state index >= 15 is 0 Å². The Morgan fingerprint density at radius 1 is 1.44 bits per heavy atom. The molecule has 100 valence electrons. The van der Waals surface area contributed by atoms with Crippen molar-refractivity contribution < 1.29 is 9.50 Å². The van der Waals surface area contributed by atoms with Crippen LogP contribution in [-0.4, -0.2) is 29.2 Å². The maximum absolute atomic E-state index is 13.7. The van der Waals surface area contributed by atoms with Crippen molar-refractivity contribution >= 4 is 15.9 Å². The molecule has 1 aromatic rings. The van der Waals surface area contributed by atoms with Crippen LogP contribution in [0.5, 0.6) is 0 Å². The average molecular weight is 316 g/mol. The van der Waals surface area contributed by atoms with Gasteiger partial charge >= 0.3 is 0 Å². The quantitative estimate of drug-likeness (QED) is 0.901. The van der Waals surface area contributed by atoms with E-state index in [0.29, 0.717) is 12.6 Å². The maximum atomic E-state index is 13.7. The van der Waals surface area contributed by atoms with Crippen LogP contribution in [0.2, 0.25) is 0 Å². The molecule has 2 nitrogen and oxygen atoms in total. The van der Waals surface area contributed by atoms with Crippen LogP contribution in [0.25, 0.3) is 0 Å². The molecular formula is C14H19BrFNO. The first-order valence-corrected chi connectivity index (χ1v) is 7.29. The lowest BCUT2D eigenvalue weighted by Gasteiger charge is -2.24. The highest BCUT2D eigenvalue weighted by atomic mass is 79.9. The zero-order chi connectivity index (χ0) is 13.0. The summed E-state index contributed by atoms with van der Waals surface area (Å²) < 4.78 is 14.6. The van der Waals surface area contributed by atoms with E-state index in [1.165, 1.54) is 12.5 Å². The second kappa shape index (κ2) is 6.64. The predicted molar refractivity (Wildman–Crippen MR) is 73.9 cm³/mol. The fourth-order valence-corrected chi connectivity index (χ4v) is 3.05. The summed E-state index contributed by atoms with van der Waals surface area (Å²) in [4.78, 5) is 2.33. The summed E-state index contributed by atoms with van der Waals surface area (Å²) in [5.41, 5.74) is 0.750. The normalized spacial score (nSPS) is 20.5. The zero-order valence-corrected chi connectivity index (χ0v) is 12.0. The van der Waals surface area contributed by atoms with E-state index < -0.39 is 0 Å². The molecule has 0 aromatic heterocycles. The molecule has 1 aliphatic heterocycles. The molecule has 0 amide bonds. The van der Waals surface area contributed by atoms with Crippen LogP contribution in [0.1, 0.15) is 31.2 Å². The number of nitrogens with zero attached hydrogens (tertiary/aromatic N) is 1. The Hall–Kier alpha value is -0.450. The molecule has 1 unspecified atom stereocenters. The minimum absolute atomic E-state index is 0.133. The van der Waals surface area contributed by atoms with Gasteiger partial charge in [-0.25, -0.2) is 4.39 Å². The van der Waals surface area contributed by atoms with Crippen molar-refractivity contribution in [3.05, 3.63) is 34.1 Å². The van der Waals surface area contributed by atoms with Gasteiger partial charge in [0.1, 0.15) is 5.82 Å². The van der Waals surface area contributed by atoms with Crippen LogP contribution in [0.15, 0.2) is 22.7 Å². The van der Waals surface area contributed by atoms with Gasteiger partial charge in [0, 0.05) is 29.2 Å². The van der Waals surface area contributed by atoms with Crippen LogP contribution in [0.3, 0.4) is 0 Å². The van der Waals surface area contributed by atoms with Crippen molar-refractivity contribution in [2.45, 2.75) is 38.3 Å². The first-order chi connectivity index (χ1) is 8.70. The zero-order valence-electron chi connectivity index (χ0n) is 10.4. The molecule has 18 heavy (non-hydrogen) atoms. The Balaban J connectivity index is 2.01. The van der Waals surface area contributed by atoms with E-state index in [9.17, 15) is 4.39 Å². The van der Waals surface area contributed by atoms with E-state index in [1.54, 1.807) is 6.07 Å². The molecule has 1 N–H and O–H groups in total. The summed E-state index contributed by atoms with van der Waals surface area (Å²) in [6, 6.07) is 5.59. The molecule has 2 rings (SSSR count). The van der Waals surface area contributed by atoms with Crippen molar-refractivity contribution in [2.75, 3.05) is 13.2 Å². The maximum Gasteiger partial charge on any atom is 0.127 e. The van der Waals surface area contributed by atoms with Gasteiger partial charge in [-0.2, -0.15) is 0 Å². The van der Waals surface area contributed by atoms with Gasteiger partial charge in [0.2, 0.25) is 0 Å². The van der Waals surface area contributed by atoms with Crippen molar-refractivity contribution in [3.63, 3.8) is 0 Å². The summed E-state index contributed by atoms with van der Waals surface area (Å²) in [6.45, 7) is 1.94. The average Bonchev–Trinajstić information content (AvgIpc) is 2.79. The fourth-order valence-electron chi connectivity index (χ4n) is 2.64. The Morgan fingerprint density at radius 3 is 3.06 bits per heavy atom. The fraction of sp³-hybridized carbons (Fsp3) is 0.571. The molecule has 1 saturated heterocycles. The molecule has 1 aliphatic rings. The van der Waals surface area contributed by atoms with Gasteiger partial charge in [0.05, 0.1) is 0 Å². The molecule has 0 aliphatic carbocycles. The summed E-state index contributed by atoms with van der Waals surface area (Å²) in [7, 11) is 0. The number of aliphatic hydroxyl groups is 1. The number of aliphatic hydroxyl groups excluding tert-OH is 1. The largest absolute Gasteiger partial charge is 0.396 e. The Kier molecular flexibility index (Phi) is 5.15. The van der Waals surface area contributed by atoms with Crippen molar-refractivity contribution in [1.82, 2.24) is 4.90 Å². The van der Waals surface area contributed by atoms with Crippen molar-refractivity contribution in [2.24, 2.45) is 0 Å². The predicted octanol–water partition coefficient (Wildman–Crippen LogP) is 3.33. The van der Waals surface area contributed by atoms with Crippen LogP contribution in [-0.2, 0) is 6.54 Å². The van der Waals surface area contributed by atoms with E-state index in [4.69, 9.17) is 5.11 Å². The Labute approximate surface area is 116 Å². The molecule has 0 spiro atoms. The van der Waals surface area contributed by atoms with Crippen LogP contribution in [0.4, 0.5) is 4.39 Å². The van der Waals surface area contributed by atoms with Crippen molar-refractivity contribution in [3.8, 4) is 0 Å².